The summed E-state index contributed by atoms with van der Waals surface area (Å²) in [6, 6.07) is 9.47. The van der Waals surface area contributed by atoms with Gasteiger partial charge in [0.05, 0.1) is 18.0 Å². The lowest BCUT2D eigenvalue weighted by molar-refractivity contribution is -0.119. The van der Waals surface area contributed by atoms with Gasteiger partial charge in [-0.2, -0.15) is 5.10 Å². The van der Waals surface area contributed by atoms with Gasteiger partial charge in [0.1, 0.15) is 11.8 Å². The van der Waals surface area contributed by atoms with Gasteiger partial charge in [-0.1, -0.05) is 12.1 Å². The maximum atomic E-state index is 12.4. The van der Waals surface area contributed by atoms with Crippen LogP contribution in [0.3, 0.4) is 0 Å². The molecule has 1 heterocycles. The van der Waals surface area contributed by atoms with Crippen LogP contribution in [0.15, 0.2) is 41.2 Å². The zero-order valence-electron chi connectivity index (χ0n) is 12.9. The number of ether oxygens (including phenoxy) is 1. The summed E-state index contributed by atoms with van der Waals surface area (Å²) < 4.78 is 6.64. The lowest BCUT2D eigenvalue weighted by atomic mass is 10.2. The third-order valence-corrected chi connectivity index (χ3v) is 3.15. The first kappa shape index (κ1) is 15.8. The molecule has 1 aromatic heterocycles. The van der Waals surface area contributed by atoms with Gasteiger partial charge in [-0.15, -0.1) is 0 Å². The van der Waals surface area contributed by atoms with E-state index in [9.17, 15) is 9.59 Å². The zero-order chi connectivity index (χ0) is 16.1. The minimum Gasteiger partial charge on any atom is -0.492 e. The molecular formula is C16H19N3O3. The Morgan fingerprint density at radius 1 is 1.32 bits per heavy atom. The number of carbonyl (C=O) groups is 1. The number of anilines is 1. The van der Waals surface area contributed by atoms with Crippen molar-refractivity contribution < 1.29 is 9.53 Å². The highest BCUT2D eigenvalue weighted by Crippen LogP contribution is 2.24. The van der Waals surface area contributed by atoms with Gasteiger partial charge in [-0.25, -0.2) is 4.68 Å². The number of nitrogens with one attached hydrogen (secondary N) is 1. The Bertz CT molecular complexity index is 725. The molecule has 0 saturated carbocycles. The second-order valence-electron chi connectivity index (χ2n) is 4.85. The highest BCUT2D eigenvalue weighted by atomic mass is 16.5. The maximum absolute atomic E-state index is 12.4. The normalized spacial score (nSPS) is 11.8. The van der Waals surface area contributed by atoms with E-state index in [1.54, 1.807) is 38.1 Å². The fraction of sp³-hybridized carbons (Fsp3) is 0.312. The molecule has 0 saturated heterocycles. The van der Waals surface area contributed by atoms with Crippen LogP contribution in [0.4, 0.5) is 5.69 Å². The Hall–Kier alpha value is -2.63. The van der Waals surface area contributed by atoms with E-state index >= 15 is 0 Å². The molecule has 1 amide bonds. The summed E-state index contributed by atoms with van der Waals surface area (Å²) in [6.45, 7) is 5.77. The fourth-order valence-corrected chi connectivity index (χ4v) is 2.00. The molecule has 6 nitrogen and oxygen atoms in total. The van der Waals surface area contributed by atoms with Gasteiger partial charge in [0.15, 0.2) is 0 Å². The average molecular weight is 301 g/mol. The van der Waals surface area contributed by atoms with Crippen molar-refractivity contribution in [2.45, 2.75) is 26.8 Å². The number of aromatic nitrogens is 2. The summed E-state index contributed by atoms with van der Waals surface area (Å²) in [6.07, 6.45) is 0. The lowest BCUT2D eigenvalue weighted by Gasteiger charge is -2.16. The zero-order valence-corrected chi connectivity index (χ0v) is 12.9. The number of hydrogen-bond donors (Lipinski definition) is 1. The minimum absolute atomic E-state index is 0.314. The summed E-state index contributed by atoms with van der Waals surface area (Å²) in [5.41, 5.74) is 0.933. The second-order valence-corrected chi connectivity index (χ2v) is 4.85. The van der Waals surface area contributed by atoms with Crippen molar-refractivity contribution in [3.8, 4) is 5.75 Å². The first-order valence-corrected chi connectivity index (χ1v) is 7.12. The van der Waals surface area contributed by atoms with Crippen LogP contribution in [0.5, 0.6) is 5.75 Å². The predicted molar refractivity (Wildman–Crippen MR) is 84.2 cm³/mol. The molecule has 0 spiro atoms. The number of aryl methyl sites for hydroxylation is 1. The summed E-state index contributed by atoms with van der Waals surface area (Å²) in [4.78, 5) is 24.2. The lowest BCUT2D eigenvalue weighted by Crippen LogP contribution is -2.33. The van der Waals surface area contributed by atoms with E-state index < -0.39 is 6.04 Å². The molecule has 0 radical (unpaired) electrons. The van der Waals surface area contributed by atoms with E-state index in [2.05, 4.69) is 10.4 Å². The summed E-state index contributed by atoms with van der Waals surface area (Å²) in [5, 5.41) is 6.88. The topological polar surface area (TPSA) is 73.2 Å². The number of benzene rings is 1. The Labute approximate surface area is 128 Å². The number of carbonyl (C=O) groups excluding carboxylic acids is 1. The van der Waals surface area contributed by atoms with Crippen LogP contribution in [0, 0.1) is 6.92 Å². The van der Waals surface area contributed by atoms with Gasteiger partial charge in [0.25, 0.3) is 5.56 Å². The highest BCUT2D eigenvalue weighted by molar-refractivity contribution is 5.94. The third kappa shape index (κ3) is 3.52. The molecule has 1 N–H and O–H groups in total. The van der Waals surface area contributed by atoms with Crippen LogP contribution in [-0.4, -0.2) is 22.3 Å². The Morgan fingerprint density at radius 2 is 2.05 bits per heavy atom. The Morgan fingerprint density at radius 3 is 2.77 bits per heavy atom. The Balaban J connectivity index is 2.22. The molecule has 0 bridgehead atoms. The second kappa shape index (κ2) is 6.89. The minimum atomic E-state index is -0.720. The molecule has 0 aliphatic carbocycles. The molecule has 1 aromatic carbocycles. The summed E-state index contributed by atoms with van der Waals surface area (Å²) >= 11 is 0. The molecule has 6 heteroatoms. The van der Waals surface area contributed by atoms with Crippen LogP contribution < -0.4 is 15.6 Å². The van der Waals surface area contributed by atoms with Gasteiger partial charge in [0.2, 0.25) is 5.91 Å². The first-order valence-electron chi connectivity index (χ1n) is 7.12. The van der Waals surface area contributed by atoms with Crippen molar-refractivity contribution in [1.82, 2.24) is 9.78 Å². The van der Waals surface area contributed by atoms with E-state index in [0.717, 1.165) is 0 Å². The SMILES string of the molecule is CCOc1ccccc1NC(=O)C(C)n1nc(C)ccc1=O. The van der Waals surface area contributed by atoms with E-state index in [1.165, 1.54) is 10.7 Å². The van der Waals surface area contributed by atoms with E-state index in [0.29, 0.717) is 23.7 Å². The van der Waals surface area contributed by atoms with Gasteiger partial charge in [0, 0.05) is 6.07 Å². The number of para-hydroxylation sites is 2. The fourth-order valence-electron chi connectivity index (χ4n) is 2.00. The van der Waals surface area contributed by atoms with E-state index in [-0.39, 0.29) is 11.5 Å². The number of nitrogens with zero attached hydrogens (tertiary/aromatic N) is 2. The van der Waals surface area contributed by atoms with E-state index in [4.69, 9.17) is 4.74 Å². The molecule has 22 heavy (non-hydrogen) atoms. The van der Waals surface area contributed by atoms with Crippen molar-refractivity contribution in [3.63, 3.8) is 0 Å². The van der Waals surface area contributed by atoms with Gasteiger partial charge >= 0.3 is 0 Å². The van der Waals surface area contributed by atoms with Crippen molar-refractivity contribution in [2.24, 2.45) is 0 Å². The van der Waals surface area contributed by atoms with Crippen LogP contribution >= 0.6 is 0 Å². The maximum Gasteiger partial charge on any atom is 0.267 e. The van der Waals surface area contributed by atoms with Crippen LogP contribution in [-0.2, 0) is 4.79 Å². The molecule has 116 valence electrons. The largest absolute Gasteiger partial charge is 0.492 e. The molecule has 0 fully saturated rings. The van der Waals surface area contributed by atoms with Gasteiger partial charge in [-0.3, -0.25) is 9.59 Å². The molecule has 1 atom stereocenters. The smallest absolute Gasteiger partial charge is 0.267 e. The summed E-state index contributed by atoms with van der Waals surface area (Å²) in [5.74, 6) is 0.266. The monoisotopic (exact) mass is 301 g/mol. The molecule has 2 rings (SSSR count). The third-order valence-electron chi connectivity index (χ3n) is 3.15. The van der Waals surface area contributed by atoms with Gasteiger partial charge in [-0.05, 0) is 39.0 Å². The molecular weight excluding hydrogens is 282 g/mol. The van der Waals surface area contributed by atoms with Crippen molar-refractivity contribution in [1.29, 1.82) is 0 Å². The van der Waals surface area contributed by atoms with Crippen molar-refractivity contribution >= 4 is 11.6 Å². The van der Waals surface area contributed by atoms with Crippen LogP contribution in [0.1, 0.15) is 25.6 Å². The van der Waals surface area contributed by atoms with E-state index in [1.807, 2.05) is 13.0 Å². The summed E-state index contributed by atoms with van der Waals surface area (Å²) in [7, 11) is 0. The molecule has 0 aliphatic heterocycles. The predicted octanol–water partition coefficient (Wildman–Crippen LogP) is 2.15. The quantitative estimate of drug-likeness (QED) is 0.918. The number of rotatable bonds is 5. The molecule has 0 aliphatic rings. The van der Waals surface area contributed by atoms with Crippen LogP contribution in [0.25, 0.3) is 0 Å². The highest BCUT2D eigenvalue weighted by Gasteiger charge is 2.18. The van der Waals surface area contributed by atoms with Crippen LogP contribution in [0.2, 0.25) is 0 Å². The van der Waals surface area contributed by atoms with Gasteiger partial charge < -0.3 is 10.1 Å². The molecule has 2 aromatic rings. The molecule has 1 unspecified atom stereocenters. The Kier molecular flexibility index (Phi) is 4.93. The van der Waals surface area contributed by atoms with Crippen molar-refractivity contribution in [2.75, 3.05) is 11.9 Å². The number of hydrogen-bond acceptors (Lipinski definition) is 4. The first-order chi connectivity index (χ1) is 10.5. The average Bonchev–Trinajstić information content (AvgIpc) is 2.51. The standard InChI is InChI=1S/C16H19N3O3/c1-4-22-14-8-6-5-7-13(14)17-16(21)12(3)19-15(20)10-9-11(2)18-19/h5-10,12H,4H2,1-3H3,(H,17,21). The number of amides is 1. The van der Waals surface area contributed by atoms with Crippen molar-refractivity contribution in [3.05, 3.63) is 52.4 Å².